The van der Waals surface area contributed by atoms with Gasteiger partial charge in [-0.1, -0.05) is 12.1 Å². The van der Waals surface area contributed by atoms with Crippen molar-refractivity contribution in [3.05, 3.63) is 47.8 Å². The van der Waals surface area contributed by atoms with Crippen LogP contribution in [0.4, 0.5) is 13.2 Å². The molecule has 0 radical (unpaired) electrons. The summed E-state index contributed by atoms with van der Waals surface area (Å²) in [5, 5.41) is 7.24. The Labute approximate surface area is 120 Å². The van der Waals surface area contributed by atoms with E-state index in [-0.39, 0.29) is 11.8 Å². The number of likely N-dealkylation sites (N-methyl/N-ethyl adjacent to an activating group) is 1. The zero-order chi connectivity index (χ0) is 15.5. The number of hydrogen-bond acceptors (Lipinski definition) is 3. The van der Waals surface area contributed by atoms with E-state index < -0.39 is 6.36 Å². The van der Waals surface area contributed by atoms with Gasteiger partial charge in [-0.15, -0.1) is 13.2 Å². The lowest BCUT2D eigenvalue weighted by molar-refractivity contribution is -0.274. The molecule has 1 atom stereocenters. The fourth-order valence-corrected chi connectivity index (χ4v) is 2.10. The maximum Gasteiger partial charge on any atom is 0.573 e. The zero-order valence-corrected chi connectivity index (χ0v) is 11.7. The molecule has 2 rings (SSSR count). The predicted octanol–water partition coefficient (Wildman–Crippen LogP) is 2.82. The van der Waals surface area contributed by atoms with E-state index in [1.807, 2.05) is 13.2 Å². The number of halogens is 3. The highest BCUT2D eigenvalue weighted by Crippen LogP contribution is 2.25. The number of aryl methyl sites for hydroxylation is 1. The van der Waals surface area contributed by atoms with Gasteiger partial charge in [0.2, 0.25) is 0 Å². The number of ether oxygens (including phenoxy) is 1. The molecular formula is C14H16F3N3O. The summed E-state index contributed by atoms with van der Waals surface area (Å²) in [7, 11) is 3.64. The van der Waals surface area contributed by atoms with E-state index in [0.717, 1.165) is 11.1 Å². The molecule has 1 unspecified atom stereocenters. The SMILES string of the molecule is CNC(Cc1cnn(C)c1)c1ccc(OC(F)(F)F)cc1. The Morgan fingerprint density at radius 3 is 2.43 bits per heavy atom. The first-order valence-electron chi connectivity index (χ1n) is 6.38. The van der Waals surface area contributed by atoms with Crippen LogP contribution in [0.1, 0.15) is 17.2 Å². The fourth-order valence-electron chi connectivity index (χ4n) is 2.10. The van der Waals surface area contributed by atoms with Gasteiger partial charge in [0, 0.05) is 19.3 Å². The van der Waals surface area contributed by atoms with Gasteiger partial charge in [-0.05, 0) is 36.7 Å². The number of rotatable bonds is 5. The average Bonchev–Trinajstić information content (AvgIpc) is 2.81. The van der Waals surface area contributed by atoms with Gasteiger partial charge in [-0.2, -0.15) is 5.10 Å². The van der Waals surface area contributed by atoms with Gasteiger partial charge in [0.1, 0.15) is 5.75 Å². The van der Waals surface area contributed by atoms with Gasteiger partial charge < -0.3 is 10.1 Å². The third-order valence-corrected chi connectivity index (χ3v) is 3.06. The van der Waals surface area contributed by atoms with Crippen LogP contribution in [0.15, 0.2) is 36.7 Å². The Bertz CT molecular complexity index is 578. The molecule has 1 aromatic carbocycles. The molecule has 2 aromatic rings. The van der Waals surface area contributed by atoms with Crippen LogP contribution in [0, 0.1) is 0 Å². The molecule has 1 heterocycles. The van der Waals surface area contributed by atoms with E-state index in [0.29, 0.717) is 6.42 Å². The van der Waals surface area contributed by atoms with Crippen LogP contribution in [0.5, 0.6) is 5.75 Å². The summed E-state index contributed by atoms with van der Waals surface area (Å²) in [5.74, 6) is -0.220. The highest BCUT2D eigenvalue weighted by atomic mass is 19.4. The standard InChI is InChI=1S/C14H16F3N3O/c1-18-13(7-10-8-19-20(2)9-10)11-3-5-12(6-4-11)21-14(15,16)17/h3-6,8-9,13,18H,7H2,1-2H3. The van der Waals surface area contributed by atoms with Crippen molar-refractivity contribution in [1.82, 2.24) is 15.1 Å². The molecule has 0 amide bonds. The minimum atomic E-state index is -4.67. The van der Waals surface area contributed by atoms with Crippen LogP contribution in [-0.2, 0) is 13.5 Å². The monoisotopic (exact) mass is 299 g/mol. The predicted molar refractivity (Wildman–Crippen MR) is 71.8 cm³/mol. The summed E-state index contributed by atoms with van der Waals surface area (Å²) in [6.45, 7) is 0. The molecule has 0 fully saturated rings. The first kappa shape index (κ1) is 15.4. The van der Waals surface area contributed by atoms with E-state index >= 15 is 0 Å². The van der Waals surface area contributed by atoms with Gasteiger partial charge >= 0.3 is 6.36 Å². The number of nitrogens with one attached hydrogen (secondary N) is 1. The molecular weight excluding hydrogens is 283 g/mol. The van der Waals surface area contributed by atoms with Crippen molar-refractivity contribution in [3.8, 4) is 5.75 Å². The van der Waals surface area contributed by atoms with Crippen molar-refractivity contribution in [2.75, 3.05) is 7.05 Å². The summed E-state index contributed by atoms with van der Waals surface area (Å²) >= 11 is 0. The molecule has 21 heavy (non-hydrogen) atoms. The number of alkyl halides is 3. The van der Waals surface area contributed by atoms with Crippen LogP contribution in [0.25, 0.3) is 0 Å². The minimum absolute atomic E-state index is 0.00543. The molecule has 7 heteroatoms. The Balaban J connectivity index is 2.08. The topological polar surface area (TPSA) is 39.1 Å². The highest BCUT2D eigenvalue weighted by molar-refractivity contribution is 5.30. The smallest absolute Gasteiger partial charge is 0.406 e. The Morgan fingerprint density at radius 2 is 1.95 bits per heavy atom. The quantitative estimate of drug-likeness (QED) is 0.922. The van der Waals surface area contributed by atoms with Crippen molar-refractivity contribution in [3.63, 3.8) is 0 Å². The molecule has 0 bridgehead atoms. The molecule has 1 aromatic heterocycles. The summed E-state index contributed by atoms with van der Waals surface area (Å²) in [6, 6.07) is 5.87. The first-order valence-corrected chi connectivity index (χ1v) is 6.38. The first-order chi connectivity index (χ1) is 9.87. The van der Waals surface area contributed by atoms with Crippen molar-refractivity contribution in [2.24, 2.45) is 7.05 Å². The summed E-state index contributed by atoms with van der Waals surface area (Å²) in [5.41, 5.74) is 1.93. The molecule has 0 saturated heterocycles. The number of benzene rings is 1. The lowest BCUT2D eigenvalue weighted by Crippen LogP contribution is -2.19. The second-order valence-electron chi connectivity index (χ2n) is 4.68. The van der Waals surface area contributed by atoms with Crippen molar-refractivity contribution < 1.29 is 17.9 Å². The fraction of sp³-hybridized carbons (Fsp3) is 0.357. The van der Waals surface area contributed by atoms with Gasteiger partial charge in [-0.3, -0.25) is 4.68 Å². The maximum absolute atomic E-state index is 12.1. The van der Waals surface area contributed by atoms with Crippen LogP contribution in [0.2, 0.25) is 0 Å². The number of aromatic nitrogens is 2. The lowest BCUT2D eigenvalue weighted by Gasteiger charge is -2.16. The van der Waals surface area contributed by atoms with Gasteiger partial charge in [0.15, 0.2) is 0 Å². The molecule has 0 aliphatic heterocycles. The molecule has 0 saturated carbocycles. The summed E-state index contributed by atoms with van der Waals surface area (Å²) < 4.78 is 41.9. The highest BCUT2D eigenvalue weighted by Gasteiger charge is 2.31. The maximum atomic E-state index is 12.1. The van der Waals surface area contributed by atoms with Gasteiger partial charge in [0.25, 0.3) is 0 Å². The number of hydrogen-bond donors (Lipinski definition) is 1. The second-order valence-corrected chi connectivity index (χ2v) is 4.68. The van der Waals surface area contributed by atoms with Crippen LogP contribution < -0.4 is 10.1 Å². The van der Waals surface area contributed by atoms with Crippen molar-refractivity contribution >= 4 is 0 Å². The van der Waals surface area contributed by atoms with E-state index in [2.05, 4.69) is 15.2 Å². The largest absolute Gasteiger partial charge is 0.573 e. The van der Waals surface area contributed by atoms with E-state index in [4.69, 9.17) is 0 Å². The van der Waals surface area contributed by atoms with Crippen LogP contribution in [0.3, 0.4) is 0 Å². The van der Waals surface area contributed by atoms with Crippen molar-refractivity contribution in [1.29, 1.82) is 0 Å². The Kier molecular flexibility index (Phi) is 4.52. The molecule has 0 spiro atoms. The number of nitrogens with zero attached hydrogens (tertiary/aromatic N) is 2. The molecule has 114 valence electrons. The zero-order valence-electron chi connectivity index (χ0n) is 11.7. The van der Waals surface area contributed by atoms with Crippen LogP contribution >= 0.6 is 0 Å². The third-order valence-electron chi connectivity index (χ3n) is 3.06. The minimum Gasteiger partial charge on any atom is -0.406 e. The summed E-state index contributed by atoms with van der Waals surface area (Å²) in [4.78, 5) is 0. The Hall–Kier alpha value is -2.02. The van der Waals surface area contributed by atoms with E-state index in [1.165, 1.54) is 12.1 Å². The summed E-state index contributed by atoms with van der Waals surface area (Å²) in [6.07, 6.45) is -0.291. The lowest BCUT2D eigenvalue weighted by atomic mass is 10.0. The molecule has 1 N–H and O–H groups in total. The van der Waals surface area contributed by atoms with Crippen LogP contribution in [-0.4, -0.2) is 23.2 Å². The van der Waals surface area contributed by atoms with Gasteiger partial charge in [-0.25, -0.2) is 0 Å². The van der Waals surface area contributed by atoms with E-state index in [1.54, 1.807) is 30.1 Å². The Morgan fingerprint density at radius 1 is 1.29 bits per heavy atom. The molecule has 0 aliphatic carbocycles. The molecule has 4 nitrogen and oxygen atoms in total. The van der Waals surface area contributed by atoms with E-state index in [9.17, 15) is 13.2 Å². The molecule has 0 aliphatic rings. The third kappa shape index (κ3) is 4.49. The second kappa shape index (κ2) is 6.17. The average molecular weight is 299 g/mol. The van der Waals surface area contributed by atoms with Gasteiger partial charge in [0.05, 0.1) is 6.20 Å². The van der Waals surface area contributed by atoms with Crippen molar-refractivity contribution in [2.45, 2.75) is 18.8 Å². The normalized spacial score (nSPS) is 13.2.